The molecule has 0 aliphatic heterocycles. The van der Waals surface area contributed by atoms with Gasteiger partial charge in [-0.3, -0.25) is 0 Å². The number of rotatable bonds is 4. The van der Waals surface area contributed by atoms with E-state index in [1.54, 1.807) is 0 Å². The maximum Gasteiger partial charge on any atom is 0.0667 e. The van der Waals surface area contributed by atoms with Crippen molar-refractivity contribution in [3.8, 4) is 6.07 Å². The summed E-state index contributed by atoms with van der Waals surface area (Å²) >= 11 is 2.17. The molecule has 2 aliphatic carbocycles. The number of thioether (sulfide) groups is 1. The molecule has 2 saturated carbocycles. The Labute approximate surface area is 110 Å². The van der Waals surface area contributed by atoms with Crippen LogP contribution in [-0.4, -0.2) is 10.5 Å². The van der Waals surface area contributed by atoms with Crippen LogP contribution in [0.2, 0.25) is 0 Å². The number of hydrogen-bond acceptors (Lipinski definition) is 2. The fourth-order valence-electron chi connectivity index (χ4n) is 3.45. The highest BCUT2D eigenvalue weighted by molar-refractivity contribution is 8.00. The van der Waals surface area contributed by atoms with Crippen LogP contribution in [0, 0.1) is 23.2 Å². The monoisotopic (exact) mass is 251 g/mol. The Hall–Kier alpha value is -0.160. The van der Waals surface area contributed by atoms with Gasteiger partial charge in [0, 0.05) is 10.5 Å². The quantitative estimate of drug-likeness (QED) is 0.718. The number of nitrogens with zero attached hydrogens (tertiary/aromatic N) is 1. The van der Waals surface area contributed by atoms with Crippen LogP contribution < -0.4 is 0 Å². The van der Waals surface area contributed by atoms with Gasteiger partial charge in [0.15, 0.2) is 0 Å². The first kappa shape index (κ1) is 13.3. The fourth-order valence-corrected chi connectivity index (χ4v) is 5.32. The predicted octanol–water partition coefficient (Wildman–Crippen LogP) is 4.77. The molecular formula is C15H25NS. The molecule has 0 heterocycles. The first-order chi connectivity index (χ1) is 8.33. The highest BCUT2D eigenvalue weighted by atomic mass is 32.2. The van der Waals surface area contributed by atoms with E-state index >= 15 is 0 Å². The third-order valence-corrected chi connectivity index (χ3v) is 6.16. The minimum absolute atomic E-state index is 0.341. The minimum Gasteiger partial charge on any atom is -0.198 e. The van der Waals surface area contributed by atoms with E-state index in [0.29, 0.717) is 11.2 Å². The van der Waals surface area contributed by atoms with Crippen LogP contribution in [0.25, 0.3) is 0 Å². The van der Waals surface area contributed by atoms with Gasteiger partial charge in [0.1, 0.15) is 0 Å². The fraction of sp³-hybridized carbons (Fsp3) is 0.933. The molecule has 0 amide bonds. The topological polar surface area (TPSA) is 23.8 Å². The number of hydrogen-bond donors (Lipinski definition) is 0. The second-order valence-corrected chi connectivity index (χ2v) is 7.33. The van der Waals surface area contributed by atoms with E-state index in [2.05, 4.69) is 24.8 Å². The molecule has 0 N–H and O–H groups in total. The summed E-state index contributed by atoms with van der Waals surface area (Å²) < 4.78 is 0. The molecule has 2 fully saturated rings. The van der Waals surface area contributed by atoms with E-state index in [4.69, 9.17) is 0 Å². The zero-order valence-corrected chi connectivity index (χ0v) is 11.8. The lowest BCUT2D eigenvalue weighted by atomic mass is 9.80. The Morgan fingerprint density at radius 2 is 1.94 bits per heavy atom. The maximum atomic E-state index is 9.29. The zero-order valence-electron chi connectivity index (χ0n) is 11.0. The van der Waals surface area contributed by atoms with Crippen LogP contribution in [0.5, 0.6) is 0 Å². The average molecular weight is 251 g/mol. The Balaban J connectivity index is 1.87. The van der Waals surface area contributed by atoms with E-state index < -0.39 is 0 Å². The highest BCUT2D eigenvalue weighted by Gasteiger charge is 2.32. The molecular weight excluding hydrogens is 226 g/mol. The molecule has 0 spiro atoms. The van der Waals surface area contributed by atoms with E-state index in [1.807, 2.05) is 0 Å². The van der Waals surface area contributed by atoms with Gasteiger partial charge in [-0.1, -0.05) is 32.6 Å². The molecule has 0 saturated heterocycles. The first-order valence-electron chi connectivity index (χ1n) is 7.38. The molecule has 0 aromatic heterocycles. The van der Waals surface area contributed by atoms with Gasteiger partial charge in [-0.2, -0.15) is 17.0 Å². The average Bonchev–Trinajstić information content (AvgIpc) is 2.83. The van der Waals surface area contributed by atoms with Crippen molar-refractivity contribution in [3.63, 3.8) is 0 Å². The molecule has 2 aliphatic rings. The second-order valence-electron chi connectivity index (χ2n) is 5.78. The Kier molecular flexibility index (Phi) is 5.22. The molecule has 0 bridgehead atoms. The highest BCUT2D eigenvalue weighted by Crippen LogP contribution is 2.43. The summed E-state index contributed by atoms with van der Waals surface area (Å²) in [6.07, 6.45) is 12.1. The molecule has 3 unspecified atom stereocenters. The van der Waals surface area contributed by atoms with Crippen molar-refractivity contribution in [1.82, 2.24) is 0 Å². The van der Waals surface area contributed by atoms with Gasteiger partial charge in [-0.25, -0.2) is 0 Å². The van der Waals surface area contributed by atoms with Crippen molar-refractivity contribution in [2.75, 3.05) is 0 Å². The van der Waals surface area contributed by atoms with Crippen molar-refractivity contribution in [1.29, 1.82) is 5.26 Å². The van der Waals surface area contributed by atoms with E-state index in [0.717, 1.165) is 17.6 Å². The first-order valence-corrected chi connectivity index (χ1v) is 8.32. The zero-order chi connectivity index (χ0) is 12.1. The lowest BCUT2D eigenvalue weighted by molar-refractivity contribution is 0.306. The van der Waals surface area contributed by atoms with Crippen molar-refractivity contribution >= 4 is 11.8 Å². The molecule has 1 nitrogen and oxygen atoms in total. The minimum atomic E-state index is 0.341. The Bertz CT molecular complexity index is 265. The summed E-state index contributed by atoms with van der Waals surface area (Å²) in [5.41, 5.74) is 0. The van der Waals surface area contributed by atoms with Crippen molar-refractivity contribution in [2.45, 2.75) is 75.2 Å². The van der Waals surface area contributed by atoms with Crippen LogP contribution in [0.4, 0.5) is 0 Å². The summed E-state index contributed by atoms with van der Waals surface area (Å²) in [6.45, 7) is 2.29. The summed E-state index contributed by atoms with van der Waals surface area (Å²) in [5, 5.41) is 10.8. The standard InChI is InChI=1S/C15H25NS/c1-2-5-12-8-9-13(11-16)15(10-12)17-14-6-3-4-7-14/h12-15H,2-10H2,1H3. The molecule has 3 atom stereocenters. The number of nitriles is 1. The van der Waals surface area contributed by atoms with Crippen LogP contribution in [-0.2, 0) is 0 Å². The lowest BCUT2D eigenvalue weighted by Crippen LogP contribution is -2.27. The van der Waals surface area contributed by atoms with Crippen LogP contribution in [0.1, 0.15) is 64.7 Å². The van der Waals surface area contributed by atoms with Gasteiger partial charge in [-0.15, -0.1) is 0 Å². The van der Waals surface area contributed by atoms with Crippen LogP contribution >= 0.6 is 11.8 Å². The maximum absolute atomic E-state index is 9.29. The van der Waals surface area contributed by atoms with Crippen LogP contribution in [0.15, 0.2) is 0 Å². The normalized spacial score (nSPS) is 34.7. The second kappa shape index (κ2) is 6.69. The van der Waals surface area contributed by atoms with Crippen molar-refractivity contribution in [3.05, 3.63) is 0 Å². The van der Waals surface area contributed by atoms with Gasteiger partial charge in [-0.05, 0) is 38.0 Å². The molecule has 2 rings (SSSR count). The Morgan fingerprint density at radius 3 is 2.59 bits per heavy atom. The third kappa shape index (κ3) is 3.65. The van der Waals surface area contributed by atoms with E-state index in [1.165, 1.54) is 51.4 Å². The smallest absolute Gasteiger partial charge is 0.0667 e. The van der Waals surface area contributed by atoms with E-state index in [-0.39, 0.29) is 0 Å². The van der Waals surface area contributed by atoms with Gasteiger partial charge < -0.3 is 0 Å². The van der Waals surface area contributed by atoms with Crippen molar-refractivity contribution in [2.24, 2.45) is 11.8 Å². The van der Waals surface area contributed by atoms with Gasteiger partial charge in [0.25, 0.3) is 0 Å². The van der Waals surface area contributed by atoms with E-state index in [9.17, 15) is 5.26 Å². The molecule has 0 radical (unpaired) electrons. The SMILES string of the molecule is CCCC1CCC(C#N)C(SC2CCCC2)C1. The van der Waals surface area contributed by atoms with Gasteiger partial charge >= 0.3 is 0 Å². The molecule has 96 valence electrons. The molecule has 0 aromatic rings. The summed E-state index contributed by atoms with van der Waals surface area (Å²) in [4.78, 5) is 0. The predicted molar refractivity (Wildman–Crippen MR) is 75.0 cm³/mol. The molecule has 2 heteroatoms. The molecule has 0 aromatic carbocycles. The Morgan fingerprint density at radius 1 is 1.18 bits per heavy atom. The summed E-state index contributed by atoms with van der Waals surface area (Å²) in [7, 11) is 0. The summed E-state index contributed by atoms with van der Waals surface area (Å²) in [6, 6.07) is 2.57. The lowest BCUT2D eigenvalue weighted by Gasteiger charge is -2.33. The van der Waals surface area contributed by atoms with Crippen LogP contribution in [0.3, 0.4) is 0 Å². The van der Waals surface area contributed by atoms with Gasteiger partial charge in [0.05, 0.1) is 12.0 Å². The van der Waals surface area contributed by atoms with Crippen molar-refractivity contribution < 1.29 is 0 Å². The molecule has 17 heavy (non-hydrogen) atoms. The largest absolute Gasteiger partial charge is 0.198 e. The third-order valence-electron chi connectivity index (χ3n) is 4.43. The summed E-state index contributed by atoms with van der Waals surface area (Å²) in [5.74, 6) is 1.25. The van der Waals surface area contributed by atoms with Gasteiger partial charge in [0.2, 0.25) is 0 Å².